The number of rotatable bonds is 2. The standard InChI is InChI=1S/C11H23N/c1-5-12-7-6-10(9-12)8-11(2,3)4/h10H,5-9H2,1-4H3. The molecule has 1 heteroatoms. The lowest BCUT2D eigenvalue weighted by atomic mass is 9.84. The molecule has 1 aliphatic heterocycles. The average Bonchev–Trinajstić information content (AvgIpc) is 2.32. The molecule has 1 rings (SSSR count). The Kier molecular flexibility index (Phi) is 3.16. The zero-order chi connectivity index (χ0) is 9.19. The minimum absolute atomic E-state index is 0.522. The van der Waals surface area contributed by atoms with Crippen molar-refractivity contribution >= 4 is 0 Å². The summed E-state index contributed by atoms with van der Waals surface area (Å²) in [5.74, 6) is 0.963. The maximum Gasteiger partial charge on any atom is 0.00102 e. The molecule has 0 saturated carbocycles. The highest BCUT2D eigenvalue weighted by molar-refractivity contribution is 4.78. The van der Waals surface area contributed by atoms with Crippen LogP contribution in [-0.2, 0) is 0 Å². The van der Waals surface area contributed by atoms with Gasteiger partial charge in [-0.05, 0) is 37.3 Å². The first kappa shape index (κ1) is 10.0. The summed E-state index contributed by atoms with van der Waals surface area (Å²) in [6.45, 7) is 13.2. The number of hydrogen-bond donors (Lipinski definition) is 0. The Morgan fingerprint density at radius 1 is 1.33 bits per heavy atom. The lowest BCUT2D eigenvalue weighted by Gasteiger charge is -2.22. The van der Waals surface area contributed by atoms with Crippen LogP contribution in [0.1, 0.15) is 40.5 Å². The van der Waals surface area contributed by atoms with Gasteiger partial charge in [0.1, 0.15) is 0 Å². The minimum Gasteiger partial charge on any atom is -0.303 e. The normalized spacial score (nSPS) is 26.5. The summed E-state index contributed by atoms with van der Waals surface area (Å²) in [5.41, 5.74) is 0.522. The molecule has 1 aliphatic rings. The second-order valence-corrected chi connectivity index (χ2v) is 5.31. The van der Waals surface area contributed by atoms with Gasteiger partial charge in [-0.15, -0.1) is 0 Å². The molecule has 0 aromatic heterocycles. The Morgan fingerprint density at radius 2 is 2.00 bits per heavy atom. The molecule has 0 aromatic carbocycles. The summed E-state index contributed by atoms with van der Waals surface area (Å²) in [4.78, 5) is 2.57. The molecule has 12 heavy (non-hydrogen) atoms. The van der Waals surface area contributed by atoms with Gasteiger partial charge in [0.15, 0.2) is 0 Å². The third-order valence-corrected chi connectivity index (χ3v) is 2.72. The van der Waals surface area contributed by atoms with Crippen molar-refractivity contribution in [2.45, 2.75) is 40.5 Å². The van der Waals surface area contributed by atoms with E-state index in [-0.39, 0.29) is 0 Å². The van der Waals surface area contributed by atoms with Gasteiger partial charge < -0.3 is 4.90 Å². The largest absolute Gasteiger partial charge is 0.303 e. The van der Waals surface area contributed by atoms with Gasteiger partial charge >= 0.3 is 0 Å². The molecular formula is C11H23N. The predicted molar refractivity (Wildman–Crippen MR) is 54.3 cm³/mol. The zero-order valence-corrected chi connectivity index (χ0v) is 9.06. The van der Waals surface area contributed by atoms with Gasteiger partial charge in [-0.3, -0.25) is 0 Å². The minimum atomic E-state index is 0.522. The highest BCUT2D eigenvalue weighted by Gasteiger charge is 2.25. The van der Waals surface area contributed by atoms with Crippen LogP contribution in [-0.4, -0.2) is 24.5 Å². The summed E-state index contributed by atoms with van der Waals surface area (Å²) < 4.78 is 0. The molecule has 1 atom stereocenters. The van der Waals surface area contributed by atoms with Crippen molar-refractivity contribution in [3.63, 3.8) is 0 Å². The lowest BCUT2D eigenvalue weighted by Crippen LogP contribution is -2.21. The van der Waals surface area contributed by atoms with Crippen LogP contribution in [0.3, 0.4) is 0 Å². The SMILES string of the molecule is CCN1CCC(CC(C)(C)C)C1. The van der Waals surface area contributed by atoms with E-state index < -0.39 is 0 Å². The van der Waals surface area contributed by atoms with Gasteiger partial charge in [-0.1, -0.05) is 27.7 Å². The maximum atomic E-state index is 2.57. The fourth-order valence-corrected chi connectivity index (χ4v) is 2.23. The summed E-state index contributed by atoms with van der Waals surface area (Å²) in [7, 11) is 0. The lowest BCUT2D eigenvalue weighted by molar-refractivity contribution is 0.278. The molecule has 0 spiro atoms. The van der Waals surface area contributed by atoms with Crippen molar-refractivity contribution in [3.05, 3.63) is 0 Å². The van der Waals surface area contributed by atoms with E-state index in [1.54, 1.807) is 0 Å². The molecule has 1 nitrogen and oxygen atoms in total. The van der Waals surface area contributed by atoms with E-state index in [4.69, 9.17) is 0 Å². The number of nitrogens with zero attached hydrogens (tertiary/aromatic N) is 1. The Hall–Kier alpha value is -0.0400. The van der Waals surface area contributed by atoms with Crippen molar-refractivity contribution in [1.82, 2.24) is 4.90 Å². The molecule has 0 aromatic rings. The Bertz CT molecular complexity index is 134. The summed E-state index contributed by atoms with van der Waals surface area (Å²) >= 11 is 0. The monoisotopic (exact) mass is 169 g/mol. The topological polar surface area (TPSA) is 3.24 Å². The van der Waals surface area contributed by atoms with Gasteiger partial charge in [0.25, 0.3) is 0 Å². The van der Waals surface area contributed by atoms with Crippen LogP contribution in [0.4, 0.5) is 0 Å². The van der Waals surface area contributed by atoms with Crippen LogP contribution in [0.5, 0.6) is 0 Å². The summed E-state index contributed by atoms with van der Waals surface area (Å²) in [5, 5.41) is 0. The third-order valence-electron chi connectivity index (χ3n) is 2.72. The molecule has 72 valence electrons. The number of hydrogen-bond acceptors (Lipinski definition) is 1. The Labute approximate surface area is 77.1 Å². The van der Waals surface area contributed by atoms with Crippen LogP contribution in [0.15, 0.2) is 0 Å². The van der Waals surface area contributed by atoms with Crippen LogP contribution in [0.25, 0.3) is 0 Å². The van der Waals surface area contributed by atoms with Crippen LogP contribution >= 0.6 is 0 Å². The van der Waals surface area contributed by atoms with Crippen LogP contribution < -0.4 is 0 Å². The average molecular weight is 169 g/mol. The van der Waals surface area contributed by atoms with E-state index >= 15 is 0 Å². The van der Waals surface area contributed by atoms with Gasteiger partial charge in [0.2, 0.25) is 0 Å². The first-order chi connectivity index (χ1) is 5.51. The van der Waals surface area contributed by atoms with E-state index in [0.717, 1.165) is 5.92 Å². The molecule has 1 fully saturated rings. The molecule has 1 heterocycles. The van der Waals surface area contributed by atoms with E-state index in [1.165, 1.54) is 32.5 Å². The molecule has 1 saturated heterocycles. The van der Waals surface area contributed by atoms with Crippen molar-refractivity contribution in [2.24, 2.45) is 11.3 Å². The fraction of sp³-hybridized carbons (Fsp3) is 1.00. The maximum absolute atomic E-state index is 2.57. The quantitative estimate of drug-likeness (QED) is 0.614. The second-order valence-electron chi connectivity index (χ2n) is 5.31. The van der Waals surface area contributed by atoms with Gasteiger partial charge in [-0.2, -0.15) is 0 Å². The van der Waals surface area contributed by atoms with Gasteiger partial charge in [-0.25, -0.2) is 0 Å². The molecule has 0 bridgehead atoms. The smallest absolute Gasteiger partial charge is 0.00102 e. The van der Waals surface area contributed by atoms with E-state index in [1.807, 2.05) is 0 Å². The van der Waals surface area contributed by atoms with Gasteiger partial charge in [0.05, 0.1) is 0 Å². The first-order valence-electron chi connectivity index (χ1n) is 5.23. The zero-order valence-electron chi connectivity index (χ0n) is 9.06. The number of likely N-dealkylation sites (tertiary alicyclic amines) is 1. The first-order valence-corrected chi connectivity index (χ1v) is 5.23. The molecule has 0 radical (unpaired) electrons. The second kappa shape index (κ2) is 3.78. The highest BCUT2D eigenvalue weighted by atomic mass is 15.1. The van der Waals surface area contributed by atoms with E-state index in [0.29, 0.717) is 5.41 Å². The van der Waals surface area contributed by atoms with Crippen molar-refractivity contribution in [1.29, 1.82) is 0 Å². The fourth-order valence-electron chi connectivity index (χ4n) is 2.23. The highest BCUT2D eigenvalue weighted by Crippen LogP contribution is 2.29. The van der Waals surface area contributed by atoms with Crippen molar-refractivity contribution in [2.75, 3.05) is 19.6 Å². The summed E-state index contributed by atoms with van der Waals surface area (Å²) in [6, 6.07) is 0. The Morgan fingerprint density at radius 3 is 2.42 bits per heavy atom. The predicted octanol–water partition coefficient (Wildman–Crippen LogP) is 2.76. The molecule has 1 unspecified atom stereocenters. The van der Waals surface area contributed by atoms with E-state index in [9.17, 15) is 0 Å². The van der Waals surface area contributed by atoms with Crippen LogP contribution in [0, 0.1) is 11.3 Å². The molecule has 0 aliphatic carbocycles. The Balaban J connectivity index is 2.28. The molecule has 0 amide bonds. The van der Waals surface area contributed by atoms with Crippen molar-refractivity contribution in [3.8, 4) is 0 Å². The third kappa shape index (κ3) is 3.14. The molecular weight excluding hydrogens is 146 g/mol. The summed E-state index contributed by atoms with van der Waals surface area (Å²) in [6.07, 6.45) is 2.81. The van der Waals surface area contributed by atoms with Crippen LogP contribution in [0.2, 0.25) is 0 Å². The molecule has 0 N–H and O–H groups in total. The van der Waals surface area contributed by atoms with E-state index in [2.05, 4.69) is 32.6 Å². The van der Waals surface area contributed by atoms with Gasteiger partial charge in [0, 0.05) is 6.54 Å². The van der Waals surface area contributed by atoms with Crippen molar-refractivity contribution < 1.29 is 0 Å².